The van der Waals surface area contributed by atoms with E-state index in [9.17, 15) is 9.90 Å². The molecule has 0 aliphatic heterocycles. The normalized spacial score (nSPS) is 12.3. The molecular weight excluding hydrogens is 316 g/mol. The molecule has 20 heavy (non-hydrogen) atoms. The third kappa shape index (κ3) is 7.09. The molecule has 0 aliphatic carbocycles. The second-order valence-electron chi connectivity index (χ2n) is 5.43. The zero-order valence-electron chi connectivity index (χ0n) is 12.3. The van der Waals surface area contributed by atoms with Crippen LogP contribution in [0.25, 0.3) is 0 Å². The molecule has 3 heteroatoms. The number of hydrogen-bond acceptors (Lipinski definition) is 1. The average molecular weight is 341 g/mol. The first kappa shape index (κ1) is 17.2. The predicted octanol–water partition coefficient (Wildman–Crippen LogP) is 5.44. The first-order valence-corrected chi connectivity index (χ1v) is 8.40. The molecule has 0 saturated carbocycles. The molecule has 1 aromatic rings. The van der Waals surface area contributed by atoms with E-state index in [1.165, 1.54) is 25.7 Å². The minimum Gasteiger partial charge on any atom is -0.481 e. The topological polar surface area (TPSA) is 37.3 Å². The van der Waals surface area contributed by atoms with Gasteiger partial charge in [-0.1, -0.05) is 73.5 Å². The summed E-state index contributed by atoms with van der Waals surface area (Å²) in [6, 6.07) is 7.94. The first-order chi connectivity index (χ1) is 9.63. The summed E-state index contributed by atoms with van der Waals surface area (Å²) in [5.41, 5.74) is 1.10. The highest BCUT2D eigenvalue weighted by Crippen LogP contribution is 2.20. The largest absolute Gasteiger partial charge is 0.481 e. The van der Waals surface area contributed by atoms with E-state index < -0.39 is 5.97 Å². The molecule has 0 fully saturated rings. The number of hydrogen-bond donors (Lipinski definition) is 1. The van der Waals surface area contributed by atoms with Gasteiger partial charge in [-0.2, -0.15) is 0 Å². The van der Waals surface area contributed by atoms with E-state index in [1.54, 1.807) is 0 Å². The zero-order valence-corrected chi connectivity index (χ0v) is 13.9. The number of carboxylic acids is 1. The van der Waals surface area contributed by atoms with E-state index >= 15 is 0 Å². The lowest BCUT2D eigenvalue weighted by Gasteiger charge is -2.12. The lowest BCUT2D eigenvalue weighted by atomic mass is 9.93. The summed E-state index contributed by atoms with van der Waals surface area (Å²) < 4.78 is 1.01. The van der Waals surface area contributed by atoms with Crippen LogP contribution >= 0.6 is 15.9 Å². The van der Waals surface area contributed by atoms with Crippen molar-refractivity contribution in [2.24, 2.45) is 5.92 Å². The molecule has 0 spiro atoms. The molecule has 0 radical (unpaired) electrons. The molecule has 0 amide bonds. The van der Waals surface area contributed by atoms with E-state index in [1.807, 2.05) is 24.3 Å². The van der Waals surface area contributed by atoms with Crippen molar-refractivity contribution in [2.75, 3.05) is 0 Å². The summed E-state index contributed by atoms with van der Waals surface area (Å²) >= 11 is 3.43. The van der Waals surface area contributed by atoms with Gasteiger partial charge in [0.2, 0.25) is 0 Å². The summed E-state index contributed by atoms with van der Waals surface area (Å²) in [5, 5.41) is 9.33. The Morgan fingerprint density at radius 3 is 2.55 bits per heavy atom. The van der Waals surface area contributed by atoms with Crippen LogP contribution in [0.15, 0.2) is 28.7 Å². The molecule has 112 valence electrons. The van der Waals surface area contributed by atoms with Crippen molar-refractivity contribution in [3.05, 3.63) is 34.3 Å². The Morgan fingerprint density at radius 2 is 1.90 bits per heavy atom. The predicted molar refractivity (Wildman–Crippen MR) is 87.0 cm³/mol. The van der Waals surface area contributed by atoms with Crippen molar-refractivity contribution in [1.82, 2.24) is 0 Å². The molecule has 0 bridgehead atoms. The Balaban J connectivity index is 2.35. The molecule has 1 rings (SSSR count). The number of rotatable bonds is 10. The van der Waals surface area contributed by atoms with Gasteiger partial charge in [0, 0.05) is 4.47 Å². The van der Waals surface area contributed by atoms with Crippen molar-refractivity contribution < 1.29 is 9.90 Å². The van der Waals surface area contributed by atoms with Crippen LogP contribution in [0.5, 0.6) is 0 Å². The SMILES string of the molecule is CCCCCCCCC(Cc1cccc(Br)c1)C(=O)O. The Hall–Kier alpha value is -0.830. The smallest absolute Gasteiger partial charge is 0.306 e. The molecular formula is C17H25BrO2. The fourth-order valence-electron chi connectivity index (χ4n) is 2.43. The third-order valence-electron chi connectivity index (χ3n) is 3.63. The summed E-state index contributed by atoms with van der Waals surface area (Å²) in [6.07, 6.45) is 8.65. The summed E-state index contributed by atoms with van der Waals surface area (Å²) in [7, 11) is 0. The average Bonchev–Trinajstić information content (AvgIpc) is 2.41. The van der Waals surface area contributed by atoms with Gasteiger partial charge in [-0.15, -0.1) is 0 Å². The summed E-state index contributed by atoms with van der Waals surface area (Å²) in [6.45, 7) is 2.21. The van der Waals surface area contributed by atoms with Crippen molar-refractivity contribution in [2.45, 2.75) is 58.3 Å². The van der Waals surface area contributed by atoms with Gasteiger partial charge in [0.15, 0.2) is 0 Å². The fraction of sp³-hybridized carbons (Fsp3) is 0.588. The highest BCUT2D eigenvalue weighted by atomic mass is 79.9. The van der Waals surface area contributed by atoms with Gasteiger partial charge in [0.1, 0.15) is 0 Å². The number of halogens is 1. The fourth-order valence-corrected chi connectivity index (χ4v) is 2.88. The van der Waals surface area contributed by atoms with Crippen molar-refractivity contribution in [3.63, 3.8) is 0 Å². The Bertz CT molecular complexity index is 404. The number of unbranched alkanes of at least 4 members (excludes halogenated alkanes) is 5. The first-order valence-electron chi connectivity index (χ1n) is 7.60. The quantitative estimate of drug-likeness (QED) is 0.575. The number of carboxylic acid groups (broad SMARTS) is 1. The molecule has 1 aromatic carbocycles. The van der Waals surface area contributed by atoms with E-state index in [0.717, 1.165) is 29.3 Å². The molecule has 1 N–H and O–H groups in total. The maximum Gasteiger partial charge on any atom is 0.306 e. The van der Waals surface area contributed by atoms with E-state index in [4.69, 9.17) is 0 Å². The second-order valence-corrected chi connectivity index (χ2v) is 6.34. The van der Waals surface area contributed by atoms with Crippen LogP contribution < -0.4 is 0 Å². The molecule has 1 atom stereocenters. The zero-order chi connectivity index (χ0) is 14.8. The van der Waals surface area contributed by atoms with Crippen molar-refractivity contribution in [3.8, 4) is 0 Å². The minimum atomic E-state index is -0.668. The van der Waals surface area contributed by atoms with Gasteiger partial charge in [-0.3, -0.25) is 4.79 Å². The van der Waals surface area contributed by atoms with E-state index in [2.05, 4.69) is 22.9 Å². The van der Waals surface area contributed by atoms with Crippen molar-refractivity contribution >= 4 is 21.9 Å². The highest BCUT2D eigenvalue weighted by Gasteiger charge is 2.17. The molecule has 0 saturated heterocycles. The summed E-state index contributed by atoms with van der Waals surface area (Å²) in [4.78, 5) is 11.3. The Morgan fingerprint density at radius 1 is 1.20 bits per heavy atom. The minimum absolute atomic E-state index is 0.254. The highest BCUT2D eigenvalue weighted by molar-refractivity contribution is 9.10. The van der Waals surface area contributed by atoms with E-state index in [-0.39, 0.29) is 5.92 Å². The van der Waals surface area contributed by atoms with Gasteiger partial charge >= 0.3 is 5.97 Å². The Labute approximate surface area is 130 Å². The number of aliphatic carboxylic acids is 1. The lowest BCUT2D eigenvalue weighted by Crippen LogP contribution is -2.16. The van der Waals surface area contributed by atoms with Crippen LogP contribution in [-0.4, -0.2) is 11.1 Å². The van der Waals surface area contributed by atoms with Crippen LogP contribution in [0.4, 0.5) is 0 Å². The lowest BCUT2D eigenvalue weighted by molar-refractivity contribution is -0.142. The maximum absolute atomic E-state index is 11.3. The van der Waals surface area contributed by atoms with Crippen LogP contribution in [0, 0.1) is 5.92 Å². The molecule has 1 unspecified atom stereocenters. The van der Waals surface area contributed by atoms with Crippen LogP contribution in [0.3, 0.4) is 0 Å². The van der Waals surface area contributed by atoms with Gasteiger partial charge in [0.05, 0.1) is 5.92 Å². The molecule has 0 heterocycles. The third-order valence-corrected chi connectivity index (χ3v) is 4.12. The van der Waals surface area contributed by atoms with Gasteiger partial charge in [-0.05, 0) is 30.5 Å². The van der Waals surface area contributed by atoms with E-state index in [0.29, 0.717) is 6.42 Å². The second kappa shape index (κ2) is 9.98. The van der Waals surface area contributed by atoms with Crippen LogP contribution in [-0.2, 0) is 11.2 Å². The van der Waals surface area contributed by atoms with Crippen LogP contribution in [0.1, 0.15) is 57.4 Å². The number of benzene rings is 1. The monoisotopic (exact) mass is 340 g/mol. The van der Waals surface area contributed by atoms with Crippen molar-refractivity contribution in [1.29, 1.82) is 0 Å². The van der Waals surface area contributed by atoms with Gasteiger partial charge < -0.3 is 5.11 Å². The summed E-state index contributed by atoms with van der Waals surface area (Å²) in [5.74, 6) is -0.922. The standard InChI is InChI=1S/C17H25BrO2/c1-2-3-4-5-6-7-10-15(17(19)20)12-14-9-8-11-16(18)13-14/h8-9,11,13,15H,2-7,10,12H2,1H3,(H,19,20). The maximum atomic E-state index is 11.3. The molecule has 2 nitrogen and oxygen atoms in total. The van der Waals surface area contributed by atoms with Gasteiger partial charge in [-0.25, -0.2) is 0 Å². The molecule has 0 aromatic heterocycles. The Kier molecular flexibility index (Phi) is 8.59. The van der Waals surface area contributed by atoms with Gasteiger partial charge in [0.25, 0.3) is 0 Å². The molecule has 0 aliphatic rings. The number of carbonyl (C=O) groups is 1. The van der Waals surface area contributed by atoms with Crippen LogP contribution in [0.2, 0.25) is 0 Å².